The Morgan fingerprint density at radius 3 is 3.00 bits per heavy atom. The van der Waals surface area contributed by atoms with Crippen LogP contribution < -0.4 is 5.32 Å². The van der Waals surface area contributed by atoms with Crippen LogP contribution in [0.1, 0.15) is 5.56 Å². The fourth-order valence-electron chi connectivity index (χ4n) is 2.35. The van der Waals surface area contributed by atoms with Gasteiger partial charge in [-0.2, -0.15) is 0 Å². The second-order valence-electron chi connectivity index (χ2n) is 5.57. The van der Waals surface area contributed by atoms with Crippen LogP contribution in [-0.4, -0.2) is 68.7 Å². The van der Waals surface area contributed by atoms with Gasteiger partial charge in [0.25, 0.3) is 0 Å². The van der Waals surface area contributed by atoms with Crippen LogP contribution in [0.25, 0.3) is 0 Å². The highest BCUT2D eigenvalue weighted by atomic mass is 16.5. The zero-order valence-electron chi connectivity index (χ0n) is 12.7. The van der Waals surface area contributed by atoms with Crippen molar-refractivity contribution in [3.8, 4) is 0 Å². The Hall–Kier alpha value is -0.980. The van der Waals surface area contributed by atoms with Gasteiger partial charge in [-0.3, -0.25) is 0 Å². The topological polar surface area (TPSA) is 54.0 Å². The molecule has 0 aliphatic carbocycles. The minimum atomic E-state index is -0.491. The van der Waals surface area contributed by atoms with Crippen molar-refractivity contribution in [2.75, 3.05) is 46.4 Å². The summed E-state index contributed by atoms with van der Waals surface area (Å²) in [4.78, 5) is 2.26. The number of hydrogen-bond acceptors (Lipinski definition) is 5. The van der Waals surface area contributed by atoms with Gasteiger partial charge in [0.05, 0.1) is 32.0 Å². The predicted molar refractivity (Wildman–Crippen MR) is 82.2 cm³/mol. The quantitative estimate of drug-likeness (QED) is 0.730. The molecule has 1 fully saturated rings. The predicted octanol–water partition coefficient (Wildman–Crippen LogP) is 0.484. The fraction of sp³-hybridized carbons (Fsp3) is 0.625. The molecule has 0 amide bonds. The Kier molecular flexibility index (Phi) is 7.12. The normalized spacial score (nSPS) is 21.3. The number of aliphatic hydroxyl groups is 1. The van der Waals surface area contributed by atoms with Gasteiger partial charge in [-0.1, -0.05) is 30.3 Å². The molecular formula is C16H26N2O3. The summed E-state index contributed by atoms with van der Waals surface area (Å²) in [6, 6.07) is 9.98. The zero-order chi connectivity index (χ0) is 14.9. The molecule has 5 heteroatoms. The number of morpholine rings is 1. The van der Waals surface area contributed by atoms with Gasteiger partial charge in [-0.15, -0.1) is 0 Å². The molecule has 1 aliphatic heterocycles. The first kappa shape index (κ1) is 16.4. The first-order valence-corrected chi connectivity index (χ1v) is 7.54. The van der Waals surface area contributed by atoms with E-state index in [1.807, 2.05) is 30.3 Å². The third-order valence-corrected chi connectivity index (χ3v) is 3.52. The van der Waals surface area contributed by atoms with Crippen LogP contribution in [0.4, 0.5) is 0 Å². The first-order valence-electron chi connectivity index (χ1n) is 7.54. The lowest BCUT2D eigenvalue weighted by atomic mass is 10.2. The van der Waals surface area contributed by atoms with Gasteiger partial charge >= 0.3 is 0 Å². The molecule has 0 radical (unpaired) electrons. The Morgan fingerprint density at radius 1 is 1.43 bits per heavy atom. The van der Waals surface area contributed by atoms with Gasteiger partial charge in [-0.25, -0.2) is 0 Å². The molecule has 0 unspecified atom stereocenters. The van der Waals surface area contributed by atoms with Crippen LogP contribution in [0.3, 0.4) is 0 Å². The van der Waals surface area contributed by atoms with E-state index in [1.54, 1.807) is 0 Å². The lowest BCUT2D eigenvalue weighted by Crippen LogP contribution is -2.46. The molecule has 1 aromatic carbocycles. The maximum atomic E-state index is 9.87. The number of nitrogens with one attached hydrogen (secondary N) is 1. The highest BCUT2D eigenvalue weighted by Crippen LogP contribution is 2.02. The van der Waals surface area contributed by atoms with E-state index < -0.39 is 6.10 Å². The molecule has 21 heavy (non-hydrogen) atoms. The molecule has 0 saturated carbocycles. The second-order valence-corrected chi connectivity index (χ2v) is 5.57. The molecule has 2 rings (SSSR count). The molecule has 2 N–H and O–H groups in total. The van der Waals surface area contributed by atoms with Gasteiger partial charge in [0.2, 0.25) is 0 Å². The van der Waals surface area contributed by atoms with E-state index in [1.165, 1.54) is 0 Å². The number of aliphatic hydroxyl groups excluding tert-OH is 1. The number of ether oxygens (including phenoxy) is 2. The van der Waals surface area contributed by atoms with E-state index in [4.69, 9.17) is 9.47 Å². The number of benzene rings is 1. The molecule has 1 aliphatic rings. The maximum Gasteiger partial charge on any atom is 0.0897 e. The molecule has 1 heterocycles. The van der Waals surface area contributed by atoms with E-state index >= 15 is 0 Å². The van der Waals surface area contributed by atoms with Crippen LogP contribution in [0, 0.1) is 0 Å². The van der Waals surface area contributed by atoms with Gasteiger partial charge in [-0.05, 0) is 12.6 Å². The third-order valence-electron chi connectivity index (χ3n) is 3.52. The average molecular weight is 294 g/mol. The van der Waals surface area contributed by atoms with Crippen molar-refractivity contribution < 1.29 is 14.6 Å². The zero-order valence-corrected chi connectivity index (χ0v) is 12.7. The summed E-state index contributed by atoms with van der Waals surface area (Å²) >= 11 is 0. The molecular weight excluding hydrogens is 268 g/mol. The van der Waals surface area contributed by atoms with Crippen LogP contribution in [-0.2, 0) is 16.1 Å². The SMILES string of the molecule is CN1CCO[C@@H](CNC[C@H](O)COCc2ccccc2)C1. The van der Waals surface area contributed by atoms with Crippen LogP contribution in [0.15, 0.2) is 30.3 Å². The summed E-state index contributed by atoms with van der Waals surface area (Å²) in [6.45, 7) is 4.88. The fourth-order valence-corrected chi connectivity index (χ4v) is 2.35. The summed E-state index contributed by atoms with van der Waals surface area (Å²) < 4.78 is 11.2. The van der Waals surface area contributed by atoms with Gasteiger partial charge in [0.1, 0.15) is 0 Å². The molecule has 0 bridgehead atoms. The van der Waals surface area contributed by atoms with Crippen molar-refractivity contribution in [2.45, 2.75) is 18.8 Å². The number of nitrogens with zero attached hydrogens (tertiary/aromatic N) is 1. The molecule has 2 atom stereocenters. The van der Waals surface area contributed by atoms with Crippen LogP contribution >= 0.6 is 0 Å². The first-order chi connectivity index (χ1) is 10.2. The van der Waals surface area contributed by atoms with Crippen molar-refractivity contribution in [1.29, 1.82) is 0 Å². The summed E-state index contributed by atoms with van der Waals surface area (Å²) in [5, 5.41) is 13.1. The highest BCUT2D eigenvalue weighted by molar-refractivity contribution is 5.13. The number of rotatable bonds is 8. The van der Waals surface area contributed by atoms with Crippen molar-refractivity contribution in [3.05, 3.63) is 35.9 Å². The average Bonchev–Trinajstić information content (AvgIpc) is 2.48. The van der Waals surface area contributed by atoms with Crippen molar-refractivity contribution in [3.63, 3.8) is 0 Å². The highest BCUT2D eigenvalue weighted by Gasteiger charge is 2.17. The lowest BCUT2D eigenvalue weighted by Gasteiger charge is -2.30. The van der Waals surface area contributed by atoms with E-state index in [2.05, 4.69) is 17.3 Å². The Morgan fingerprint density at radius 2 is 2.24 bits per heavy atom. The summed E-state index contributed by atoms with van der Waals surface area (Å²) in [5.74, 6) is 0. The minimum Gasteiger partial charge on any atom is -0.389 e. The Bertz CT molecular complexity index is 388. The third kappa shape index (κ3) is 6.54. The van der Waals surface area contributed by atoms with Gasteiger partial charge < -0.3 is 24.8 Å². The van der Waals surface area contributed by atoms with Gasteiger partial charge in [0, 0.05) is 26.2 Å². The molecule has 1 aromatic rings. The van der Waals surface area contributed by atoms with E-state index in [0.717, 1.165) is 31.8 Å². The Labute approximate surface area is 126 Å². The molecule has 0 spiro atoms. The van der Waals surface area contributed by atoms with Crippen molar-refractivity contribution in [1.82, 2.24) is 10.2 Å². The maximum absolute atomic E-state index is 9.87. The van der Waals surface area contributed by atoms with Gasteiger partial charge in [0.15, 0.2) is 0 Å². The Balaban J connectivity index is 1.52. The smallest absolute Gasteiger partial charge is 0.0897 e. The van der Waals surface area contributed by atoms with Crippen molar-refractivity contribution >= 4 is 0 Å². The largest absolute Gasteiger partial charge is 0.389 e. The second kappa shape index (κ2) is 9.12. The monoisotopic (exact) mass is 294 g/mol. The van der Waals surface area contributed by atoms with E-state index in [0.29, 0.717) is 19.8 Å². The summed E-state index contributed by atoms with van der Waals surface area (Å²) in [6.07, 6.45) is -0.281. The van der Waals surface area contributed by atoms with Crippen LogP contribution in [0.5, 0.6) is 0 Å². The van der Waals surface area contributed by atoms with Crippen molar-refractivity contribution in [2.24, 2.45) is 0 Å². The molecule has 118 valence electrons. The number of likely N-dealkylation sites (N-methyl/N-ethyl adjacent to an activating group) is 1. The minimum absolute atomic E-state index is 0.209. The molecule has 0 aromatic heterocycles. The van der Waals surface area contributed by atoms with E-state index in [9.17, 15) is 5.11 Å². The van der Waals surface area contributed by atoms with Crippen LogP contribution in [0.2, 0.25) is 0 Å². The standard InChI is InChI=1S/C16H26N2O3/c1-18-7-8-21-16(11-18)10-17-9-15(19)13-20-12-14-5-3-2-4-6-14/h2-6,15-17,19H,7-13H2,1H3/t15-,16-/m0/s1. The number of hydrogen-bond donors (Lipinski definition) is 2. The molecule has 5 nitrogen and oxygen atoms in total. The molecule has 1 saturated heterocycles. The summed E-state index contributed by atoms with van der Waals surface area (Å²) in [5.41, 5.74) is 1.12. The summed E-state index contributed by atoms with van der Waals surface area (Å²) in [7, 11) is 2.10. The lowest BCUT2D eigenvalue weighted by molar-refractivity contribution is -0.0212. The van der Waals surface area contributed by atoms with E-state index in [-0.39, 0.29) is 6.10 Å².